The third-order valence-corrected chi connectivity index (χ3v) is 7.41. The normalized spacial score (nSPS) is 11.9. The maximum Gasteiger partial charge on any atom is 0.278 e. The van der Waals surface area contributed by atoms with E-state index in [2.05, 4.69) is 15.3 Å². The number of nitro benzene ring substituents is 1. The predicted molar refractivity (Wildman–Crippen MR) is 155 cm³/mol. The molecule has 0 N–H and O–H groups in total. The second-order valence-corrected chi connectivity index (χ2v) is 10.5. The van der Waals surface area contributed by atoms with Gasteiger partial charge in [-0.25, -0.2) is 9.07 Å². The molecule has 5 aromatic rings. The van der Waals surface area contributed by atoms with Crippen LogP contribution in [0.1, 0.15) is 11.1 Å². The number of benzene rings is 3. The van der Waals surface area contributed by atoms with Crippen LogP contribution in [0.25, 0.3) is 22.7 Å². The van der Waals surface area contributed by atoms with Crippen molar-refractivity contribution in [1.29, 1.82) is 0 Å². The number of rotatable bonds is 8. The molecular formula is C27H17Cl3FN5O3S. The van der Waals surface area contributed by atoms with Crippen molar-refractivity contribution in [3.8, 4) is 22.7 Å². The highest BCUT2D eigenvalue weighted by atomic mass is 35.5. The molecule has 0 saturated heterocycles. The smallest absolute Gasteiger partial charge is 0.278 e. The summed E-state index contributed by atoms with van der Waals surface area (Å²) in [6.45, 7) is 0.380. The zero-order valence-corrected chi connectivity index (χ0v) is 23.4. The third kappa shape index (κ3) is 6.31. The SMILES string of the molecule is O=[N+]([O-])c1ccc(Cl)cc1/C=N/n1c(-c2cc(-c3ccc(F)cc3)no2)csc1=NCCc1ccc(Cl)cc1Cl. The van der Waals surface area contributed by atoms with Crippen LogP contribution >= 0.6 is 46.1 Å². The Kier molecular flexibility index (Phi) is 8.41. The summed E-state index contributed by atoms with van der Waals surface area (Å²) in [6, 6.07) is 17.0. The van der Waals surface area contributed by atoms with Crippen LogP contribution in [0.4, 0.5) is 10.1 Å². The van der Waals surface area contributed by atoms with Gasteiger partial charge in [-0.1, -0.05) is 46.0 Å². The molecule has 0 radical (unpaired) electrons. The van der Waals surface area contributed by atoms with E-state index in [1.165, 1.54) is 52.6 Å². The molecule has 0 saturated carbocycles. The molecule has 0 unspecified atom stereocenters. The van der Waals surface area contributed by atoms with Crippen LogP contribution in [-0.4, -0.2) is 27.5 Å². The van der Waals surface area contributed by atoms with E-state index in [0.717, 1.165) is 5.56 Å². The van der Waals surface area contributed by atoms with Crippen LogP contribution in [0.3, 0.4) is 0 Å². The Morgan fingerprint density at radius 3 is 2.55 bits per heavy atom. The fourth-order valence-electron chi connectivity index (χ4n) is 3.75. The number of thiazole rings is 1. The molecule has 0 bridgehead atoms. The molecule has 3 aromatic carbocycles. The fraction of sp³-hybridized carbons (Fsp3) is 0.0741. The van der Waals surface area contributed by atoms with Gasteiger partial charge in [-0.05, 0) is 60.5 Å². The average molecular weight is 617 g/mol. The molecular weight excluding hydrogens is 600 g/mol. The minimum atomic E-state index is -0.510. The Morgan fingerprint density at radius 1 is 1.05 bits per heavy atom. The number of nitro groups is 1. The molecule has 2 heterocycles. The largest absolute Gasteiger partial charge is 0.354 e. The molecule has 8 nitrogen and oxygen atoms in total. The zero-order valence-electron chi connectivity index (χ0n) is 20.3. The maximum atomic E-state index is 13.4. The summed E-state index contributed by atoms with van der Waals surface area (Å²) in [5.41, 5.74) is 2.62. The van der Waals surface area contributed by atoms with E-state index in [9.17, 15) is 14.5 Å². The van der Waals surface area contributed by atoms with Gasteiger partial charge in [-0.3, -0.25) is 15.1 Å². The first-order valence-electron chi connectivity index (χ1n) is 11.6. The lowest BCUT2D eigenvalue weighted by Gasteiger charge is -2.03. The lowest BCUT2D eigenvalue weighted by molar-refractivity contribution is -0.385. The summed E-state index contributed by atoms with van der Waals surface area (Å²) >= 11 is 19.7. The molecule has 13 heteroatoms. The molecule has 0 amide bonds. The van der Waals surface area contributed by atoms with Crippen molar-refractivity contribution in [2.75, 3.05) is 6.54 Å². The summed E-state index contributed by atoms with van der Waals surface area (Å²) in [5.74, 6) is 0.00856. The Hall–Kier alpha value is -3.83. The minimum absolute atomic E-state index is 0.153. The lowest BCUT2D eigenvalue weighted by atomic mass is 10.1. The molecule has 0 atom stereocenters. The molecule has 0 aliphatic carbocycles. The highest BCUT2D eigenvalue weighted by Gasteiger charge is 2.16. The number of hydrogen-bond acceptors (Lipinski definition) is 7. The summed E-state index contributed by atoms with van der Waals surface area (Å²) < 4.78 is 20.5. The second-order valence-electron chi connectivity index (χ2n) is 8.37. The van der Waals surface area contributed by atoms with Gasteiger partial charge in [0.1, 0.15) is 17.2 Å². The average Bonchev–Trinajstić information content (AvgIpc) is 3.56. The van der Waals surface area contributed by atoms with Gasteiger partial charge in [-0.15, -0.1) is 11.3 Å². The summed E-state index contributed by atoms with van der Waals surface area (Å²) in [7, 11) is 0. The summed E-state index contributed by atoms with van der Waals surface area (Å²) in [5, 5.41) is 23.4. The molecule has 0 spiro atoms. The van der Waals surface area contributed by atoms with Crippen LogP contribution in [0.15, 0.2) is 86.7 Å². The predicted octanol–water partition coefficient (Wildman–Crippen LogP) is 7.90. The second kappa shape index (κ2) is 12.1. The Morgan fingerprint density at radius 2 is 1.80 bits per heavy atom. The summed E-state index contributed by atoms with van der Waals surface area (Å²) in [4.78, 5) is 16.2. The molecule has 2 aromatic heterocycles. The standard InChI is InChI=1S/C27H17Cl3FN5O3S/c28-19-5-8-24(36(37)38)18(11-19)14-33-35-25(26-13-23(34-39-26)17-2-6-21(31)7-3-17)15-40-27(35)32-10-9-16-1-4-20(29)12-22(16)30/h1-8,11-15H,9-10H2/b32-27?,33-14+. The van der Waals surface area contributed by atoms with E-state index in [0.29, 0.717) is 55.5 Å². The van der Waals surface area contributed by atoms with Gasteiger partial charge in [-0.2, -0.15) is 5.10 Å². The van der Waals surface area contributed by atoms with Crippen LogP contribution < -0.4 is 4.80 Å². The Balaban J connectivity index is 1.53. The van der Waals surface area contributed by atoms with E-state index in [4.69, 9.17) is 39.3 Å². The minimum Gasteiger partial charge on any atom is -0.354 e. The van der Waals surface area contributed by atoms with Crippen molar-refractivity contribution >= 4 is 58.0 Å². The van der Waals surface area contributed by atoms with E-state index in [1.54, 1.807) is 35.7 Å². The van der Waals surface area contributed by atoms with E-state index in [-0.39, 0.29) is 17.1 Å². The van der Waals surface area contributed by atoms with Crippen LogP contribution in [0.2, 0.25) is 15.1 Å². The van der Waals surface area contributed by atoms with E-state index >= 15 is 0 Å². The van der Waals surface area contributed by atoms with Gasteiger partial charge in [0, 0.05) is 44.7 Å². The number of nitrogens with zero attached hydrogens (tertiary/aromatic N) is 5. The Bertz CT molecular complexity index is 1800. The maximum absolute atomic E-state index is 13.4. The molecule has 0 fully saturated rings. The van der Waals surface area contributed by atoms with Crippen molar-refractivity contribution in [3.05, 3.63) is 119 Å². The number of halogens is 4. The first-order valence-corrected chi connectivity index (χ1v) is 13.7. The molecule has 0 aliphatic heterocycles. The van der Waals surface area contributed by atoms with Gasteiger partial charge in [0.05, 0.1) is 16.7 Å². The number of hydrogen-bond donors (Lipinski definition) is 0. The van der Waals surface area contributed by atoms with Crippen LogP contribution in [-0.2, 0) is 6.42 Å². The quantitative estimate of drug-likeness (QED) is 0.100. The monoisotopic (exact) mass is 615 g/mol. The number of aromatic nitrogens is 2. The highest BCUT2D eigenvalue weighted by molar-refractivity contribution is 7.07. The van der Waals surface area contributed by atoms with Crippen molar-refractivity contribution < 1.29 is 13.8 Å². The zero-order chi connectivity index (χ0) is 28.2. The molecule has 5 rings (SSSR count). The summed E-state index contributed by atoms with van der Waals surface area (Å²) in [6.07, 6.45) is 1.89. The fourth-order valence-corrected chi connectivity index (χ4v) is 5.28. The molecule has 0 aliphatic rings. The van der Waals surface area contributed by atoms with Crippen molar-refractivity contribution in [2.45, 2.75) is 6.42 Å². The molecule has 40 heavy (non-hydrogen) atoms. The van der Waals surface area contributed by atoms with E-state index < -0.39 is 4.92 Å². The first-order chi connectivity index (χ1) is 19.3. The van der Waals surface area contributed by atoms with E-state index in [1.807, 2.05) is 6.07 Å². The van der Waals surface area contributed by atoms with Gasteiger partial charge in [0.2, 0.25) is 4.80 Å². The Labute approximate surface area is 245 Å². The van der Waals surface area contributed by atoms with Crippen LogP contribution in [0.5, 0.6) is 0 Å². The lowest BCUT2D eigenvalue weighted by Crippen LogP contribution is -2.13. The third-order valence-electron chi connectivity index (χ3n) is 5.73. The van der Waals surface area contributed by atoms with Gasteiger partial charge < -0.3 is 4.52 Å². The van der Waals surface area contributed by atoms with Crippen LogP contribution in [0, 0.1) is 15.9 Å². The van der Waals surface area contributed by atoms with Crippen molar-refractivity contribution in [2.24, 2.45) is 10.1 Å². The van der Waals surface area contributed by atoms with Gasteiger partial charge in [0.25, 0.3) is 5.69 Å². The highest BCUT2D eigenvalue weighted by Crippen LogP contribution is 2.27. The first kappa shape index (κ1) is 27.7. The molecule has 202 valence electrons. The van der Waals surface area contributed by atoms with Crippen molar-refractivity contribution in [3.63, 3.8) is 0 Å². The van der Waals surface area contributed by atoms with Crippen molar-refractivity contribution in [1.82, 2.24) is 9.83 Å². The van der Waals surface area contributed by atoms with Gasteiger partial charge in [0.15, 0.2) is 5.76 Å². The topological polar surface area (TPSA) is 98.8 Å². The van der Waals surface area contributed by atoms with Gasteiger partial charge >= 0.3 is 0 Å².